The zero-order valence-electron chi connectivity index (χ0n) is 16.9. The van der Waals surface area contributed by atoms with Gasteiger partial charge < -0.3 is 10.2 Å². The molecule has 3 rings (SSSR count). The molecule has 1 aliphatic rings. The molecule has 1 saturated carbocycles. The van der Waals surface area contributed by atoms with Gasteiger partial charge in [0.2, 0.25) is 5.91 Å². The first kappa shape index (κ1) is 20.8. The molecule has 0 aliphatic heterocycles. The minimum absolute atomic E-state index is 0.0263. The second kappa shape index (κ2) is 9.05. The molecule has 28 heavy (non-hydrogen) atoms. The number of amides is 1. The third-order valence-corrected chi connectivity index (χ3v) is 6.39. The maximum absolute atomic E-state index is 13.4. The SMILES string of the molecule is C[C@H](Sc1nnc([C@H](C)[NH+](C)C)n1-c1ccc(F)cc1)C(=O)NC1CCCC1. The molecular weight excluding hydrogens is 377 g/mol. The van der Waals surface area contributed by atoms with E-state index in [2.05, 4.69) is 36.5 Å². The van der Waals surface area contributed by atoms with Gasteiger partial charge in [0.05, 0.1) is 19.3 Å². The summed E-state index contributed by atoms with van der Waals surface area (Å²) in [6.07, 6.45) is 4.48. The molecule has 0 radical (unpaired) electrons. The number of quaternary nitrogens is 1. The van der Waals surface area contributed by atoms with Crippen LogP contribution in [0.3, 0.4) is 0 Å². The highest BCUT2D eigenvalue weighted by atomic mass is 32.2. The van der Waals surface area contributed by atoms with Gasteiger partial charge in [-0.25, -0.2) is 4.39 Å². The highest BCUT2D eigenvalue weighted by Crippen LogP contribution is 2.28. The van der Waals surface area contributed by atoms with E-state index in [0.29, 0.717) is 11.2 Å². The number of benzene rings is 1. The van der Waals surface area contributed by atoms with Crippen molar-refractivity contribution in [2.45, 2.75) is 62.0 Å². The summed E-state index contributed by atoms with van der Waals surface area (Å²) < 4.78 is 15.4. The van der Waals surface area contributed by atoms with Crippen LogP contribution in [0.15, 0.2) is 29.4 Å². The molecule has 1 aromatic heterocycles. The Morgan fingerprint density at radius 3 is 2.46 bits per heavy atom. The zero-order valence-corrected chi connectivity index (χ0v) is 17.7. The predicted octanol–water partition coefficient (Wildman–Crippen LogP) is 2.15. The summed E-state index contributed by atoms with van der Waals surface area (Å²) in [5.74, 6) is 0.527. The maximum atomic E-state index is 13.4. The van der Waals surface area contributed by atoms with Crippen molar-refractivity contribution in [2.75, 3.05) is 14.1 Å². The van der Waals surface area contributed by atoms with Crippen molar-refractivity contribution in [3.8, 4) is 5.69 Å². The fraction of sp³-hybridized carbons (Fsp3) is 0.550. The summed E-state index contributed by atoms with van der Waals surface area (Å²) in [5.41, 5.74) is 0.792. The first-order valence-corrected chi connectivity index (χ1v) is 10.7. The fourth-order valence-electron chi connectivity index (χ4n) is 3.33. The van der Waals surface area contributed by atoms with Crippen molar-refractivity contribution < 1.29 is 14.1 Å². The number of hydrogen-bond acceptors (Lipinski definition) is 4. The van der Waals surface area contributed by atoms with Gasteiger partial charge in [0.25, 0.3) is 0 Å². The van der Waals surface area contributed by atoms with E-state index < -0.39 is 0 Å². The van der Waals surface area contributed by atoms with E-state index in [0.717, 1.165) is 24.4 Å². The van der Waals surface area contributed by atoms with Crippen molar-refractivity contribution in [3.63, 3.8) is 0 Å². The van der Waals surface area contributed by atoms with Crippen LogP contribution in [0.4, 0.5) is 4.39 Å². The van der Waals surface area contributed by atoms with Gasteiger partial charge in [-0.1, -0.05) is 24.6 Å². The Bertz CT molecular complexity index is 801. The van der Waals surface area contributed by atoms with E-state index in [1.807, 2.05) is 11.5 Å². The maximum Gasteiger partial charge on any atom is 0.233 e. The number of nitrogens with zero attached hydrogens (tertiary/aromatic N) is 3. The summed E-state index contributed by atoms with van der Waals surface area (Å²) in [4.78, 5) is 13.8. The van der Waals surface area contributed by atoms with Gasteiger partial charge in [0, 0.05) is 11.7 Å². The van der Waals surface area contributed by atoms with Crippen LogP contribution in [0.25, 0.3) is 5.69 Å². The predicted molar refractivity (Wildman–Crippen MR) is 108 cm³/mol. The van der Waals surface area contributed by atoms with Gasteiger partial charge in [-0.2, -0.15) is 0 Å². The number of carbonyl (C=O) groups excluding carboxylic acids is 1. The van der Waals surface area contributed by atoms with Crippen molar-refractivity contribution in [2.24, 2.45) is 0 Å². The first-order chi connectivity index (χ1) is 13.4. The number of nitrogens with one attached hydrogen (secondary N) is 2. The summed E-state index contributed by atoms with van der Waals surface area (Å²) in [5, 5.41) is 12.3. The standard InChI is InChI=1S/C20H28FN5OS/c1-13(25(3)4)18-23-24-20(26(18)17-11-9-15(21)10-12-17)28-14(2)19(27)22-16-7-5-6-8-16/h9-14,16H,5-8H2,1-4H3,(H,22,27)/p+1/t13-,14-/m0/s1. The lowest BCUT2D eigenvalue weighted by atomic mass is 10.2. The Morgan fingerprint density at radius 2 is 1.86 bits per heavy atom. The van der Waals surface area contributed by atoms with Crippen LogP contribution in [0.1, 0.15) is 51.4 Å². The summed E-state index contributed by atoms with van der Waals surface area (Å²) in [6, 6.07) is 6.67. The molecule has 0 unspecified atom stereocenters. The van der Waals surface area contributed by atoms with Crippen LogP contribution in [0.2, 0.25) is 0 Å². The van der Waals surface area contributed by atoms with Crippen molar-refractivity contribution in [1.29, 1.82) is 0 Å². The van der Waals surface area contributed by atoms with Crippen LogP contribution < -0.4 is 10.2 Å². The van der Waals surface area contributed by atoms with Crippen molar-refractivity contribution in [1.82, 2.24) is 20.1 Å². The monoisotopic (exact) mass is 406 g/mol. The summed E-state index contributed by atoms with van der Waals surface area (Å²) in [7, 11) is 4.11. The molecule has 1 heterocycles. The molecule has 0 spiro atoms. The smallest absolute Gasteiger partial charge is 0.233 e. The lowest BCUT2D eigenvalue weighted by Crippen LogP contribution is -3.05. The fourth-order valence-corrected chi connectivity index (χ4v) is 4.21. The van der Waals surface area contributed by atoms with Gasteiger partial charge in [-0.3, -0.25) is 9.36 Å². The molecule has 8 heteroatoms. The van der Waals surface area contributed by atoms with Gasteiger partial charge >= 0.3 is 0 Å². The Balaban J connectivity index is 1.85. The van der Waals surface area contributed by atoms with Crippen LogP contribution in [-0.4, -0.2) is 46.1 Å². The Morgan fingerprint density at radius 1 is 1.21 bits per heavy atom. The quantitative estimate of drug-likeness (QED) is 0.692. The van der Waals surface area contributed by atoms with Crippen LogP contribution in [0, 0.1) is 5.82 Å². The number of thioether (sulfide) groups is 1. The zero-order chi connectivity index (χ0) is 20.3. The highest BCUT2D eigenvalue weighted by Gasteiger charge is 2.27. The molecule has 1 fully saturated rings. The van der Waals surface area contributed by atoms with Gasteiger partial charge in [-0.15, -0.1) is 10.2 Å². The van der Waals surface area contributed by atoms with E-state index in [1.54, 1.807) is 12.1 Å². The number of rotatable bonds is 7. The molecule has 0 bridgehead atoms. The van der Waals surface area contributed by atoms with Crippen LogP contribution in [0.5, 0.6) is 0 Å². The highest BCUT2D eigenvalue weighted by molar-refractivity contribution is 8.00. The average Bonchev–Trinajstić information content (AvgIpc) is 3.31. The van der Waals surface area contributed by atoms with E-state index in [4.69, 9.17) is 0 Å². The largest absolute Gasteiger partial charge is 0.352 e. The van der Waals surface area contributed by atoms with E-state index >= 15 is 0 Å². The molecule has 1 aromatic carbocycles. The summed E-state index contributed by atoms with van der Waals surface area (Å²) >= 11 is 1.38. The van der Waals surface area contributed by atoms with Crippen LogP contribution >= 0.6 is 11.8 Å². The lowest BCUT2D eigenvalue weighted by Gasteiger charge is -2.19. The first-order valence-electron chi connectivity index (χ1n) is 9.85. The lowest BCUT2D eigenvalue weighted by molar-refractivity contribution is -0.890. The van der Waals surface area contributed by atoms with Crippen molar-refractivity contribution in [3.05, 3.63) is 35.9 Å². The summed E-state index contributed by atoms with van der Waals surface area (Å²) in [6.45, 7) is 3.96. The van der Waals surface area contributed by atoms with Gasteiger partial charge in [0.15, 0.2) is 11.0 Å². The van der Waals surface area contributed by atoms with Crippen LogP contribution in [-0.2, 0) is 4.79 Å². The number of carbonyl (C=O) groups is 1. The van der Waals surface area contributed by atoms with Gasteiger partial charge in [-0.05, 0) is 51.0 Å². The van der Waals surface area contributed by atoms with Crippen molar-refractivity contribution >= 4 is 17.7 Å². The molecule has 2 N–H and O–H groups in total. The molecule has 2 aromatic rings. The molecule has 1 amide bonds. The van der Waals surface area contributed by atoms with E-state index in [9.17, 15) is 9.18 Å². The topological polar surface area (TPSA) is 64.2 Å². The minimum Gasteiger partial charge on any atom is -0.352 e. The second-order valence-electron chi connectivity index (χ2n) is 7.70. The average molecular weight is 407 g/mol. The number of hydrogen-bond donors (Lipinski definition) is 2. The third-order valence-electron chi connectivity index (χ3n) is 5.35. The third kappa shape index (κ3) is 4.72. The number of halogens is 1. The molecule has 6 nitrogen and oxygen atoms in total. The molecule has 0 saturated heterocycles. The Kier molecular flexibility index (Phi) is 6.72. The molecule has 152 valence electrons. The normalized spacial score (nSPS) is 17.1. The second-order valence-corrected chi connectivity index (χ2v) is 9.01. The molecular formula is C20H29FN5OS+. The molecule has 1 aliphatic carbocycles. The van der Waals surface area contributed by atoms with E-state index in [1.165, 1.54) is 41.6 Å². The van der Waals surface area contributed by atoms with Gasteiger partial charge in [0.1, 0.15) is 11.9 Å². The Hall–Kier alpha value is -1.93. The molecule has 2 atom stereocenters. The number of aromatic nitrogens is 3. The minimum atomic E-state index is -0.293. The Labute approximate surface area is 169 Å². The van der Waals surface area contributed by atoms with E-state index in [-0.39, 0.29) is 23.0 Å².